The smallest absolute Gasteiger partial charge is 0.177 e. The van der Waals surface area contributed by atoms with Gasteiger partial charge in [0.15, 0.2) is 10.1 Å². The Morgan fingerprint density at radius 3 is 3.05 bits per heavy atom. The van der Waals surface area contributed by atoms with E-state index in [2.05, 4.69) is 9.36 Å². The molecule has 0 spiro atoms. The highest BCUT2D eigenvalue weighted by Gasteiger charge is 2.14. The standard InChI is InChI=1S/C13H10N2O2S2/c1-8-14-13(19-15-8)18-7-11(16)10-6-17-12-5-3-2-4-9(10)12/h2-6H,7H2,1H3. The van der Waals surface area contributed by atoms with Gasteiger partial charge in [0.1, 0.15) is 17.7 Å². The van der Waals surface area contributed by atoms with Gasteiger partial charge in [-0.1, -0.05) is 30.0 Å². The van der Waals surface area contributed by atoms with Gasteiger partial charge in [0.2, 0.25) is 0 Å². The molecule has 96 valence electrons. The number of carbonyl (C=O) groups is 1. The molecule has 0 aliphatic heterocycles. The summed E-state index contributed by atoms with van der Waals surface area (Å²) in [5.41, 5.74) is 1.37. The van der Waals surface area contributed by atoms with E-state index in [0.29, 0.717) is 11.3 Å². The predicted molar refractivity (Wildman–Crippen MR) is 75.9 cm³/mol. The van der Waals surface area contributed by atoms with Crippen LogP contribution in [0, 0.1) is 6.92 Å². The van der Waals surface area contributed by atoms with Crippen molar-refractivity contribution in [1.82, 2.24) is 9.36 Å². The van der Waals surface area contributed by atoms with Crippen LogP contribution in [-0.2, 0) is 0 Å². The molecule has 2 aromatic heterocycles. The second-order valence-electron chi connectivity index (χ2n) is 3.96. The minimum Gasteiger partial charge on any atom is -0.464 e. The second-order valence-corrected chi connectivity index (χ2v) is 5.94. The predicted octanol–water partition coefficient (Wildman–Crippen LogP) is 3.57. The average molecular weight is 290 g/mol. The Morgan fingerprint density at radius 2 is 2.26 bits per heavy atom. The first-order chi connectivity index (χ1) is 9.24. The molecule has 1 aromatic carbocycles. The van der Waals surface area contributed by atoms with E-state index in [-0.39, 0.29) is 5.78 Å². The van der Waals surface area contributed by atoms with E-state index in [0.717, 1.165) is 21.1 Å². The monoisotopic (exact) mass is 290 g/mol. The summed E-state index contributed by atoms with van der Waals surface area (Å²) in [6, 6.07) is 7.54. The maximum atomic E-state index is 12.2. The van der Waals surface area contributed by atoms with Crippen LogP contribution in [0.2, 0.25) is 0 Å². The lowest BCUT2D eigenvalue weighted by atomic mass is 10.1. The van der Waals surface area contributed by atoms with Crippen molar-refractivity contribution in [2.24, 2.45) is 0 Å². The lowest BCUT2D eigenvalue weighted by molar-refractivity contribution is 0.102. The van der Waals surface area contributed by atoms with Gasteiger partial charge in [-0.2, -0.15) is 4.37 Å². The quantitative estimate of drug-likeness (QED) is 0.543. The highest BCUT2D eigenvalue weighted by atomic mass is 32.2. The maximum absolute atomic E-state index is 12.2. The minimum atomic E-state index is 0.0443. The van der Waals surface area contributed by atoms with Crippen molar-refractivity contribution in [3.05, 3.63) is 41.9 Å². The Labute approximate surface area is 118 Å². The highest BCUT2D eigenvalue weighted by molar-refractivity contribution is 8.01. The van der Waals surface area contributed by atoms with Crippen LogP contribution in [0.3, 0.4) is 0 Å². The fraction of sp³-hybridized carbons (Fsp3) is 0.154. The van der Waals surface area contributed by atoms with Gasteiger partial charge in [0.25, 0.3) is 0 Å². The molecule has 3 aromatic rings. The van der Waals surface area contributed by atoms with Crippen molar-refractivity contribution in [2.75, 3.05) is 5.75 Å². The van der Waals surface area contributed by atoms with E-state index in [1.165, 1.54) is 29.6 Å². The van der Waals surface area contributed by atoms with Gasteiger partial charge in [-0.05, 0) is 24.5 Å². The summed E-state index contributed by atoms with van der Waals surface area (Å²) in [5.74, 6) is 1.13. The topological polar surface area (TPSA) is 56.0 Å². The number of para-hydroxylation sites is 1. The first-order valence-corrected chi connectivity index (χ1v) is 7.42. The van der Waals surface area contributed by atoms with Crippen LogP contribution >= 0.6 is 23.3 Å². The molecule has 0 bridgehead atoms. The molecule has 0 aliphatic carbocycles. The average Bonchev–Trinajstić information content (AvgIpc) is 3.02. The molecule has 0 unspecified atom stereocenters. The van der Waals surface area contributed by atoms with Crippen molar-refractivity contribution in [3.63, 3.8) is 0 Å². The Kier molecular flexibility index (Phi) is 3.35. The maximum Gasteiger partial charge on any atom is 0.177 e. The number of aryl methyl sites for hydroxylation is 1. The third-order valence-electron chi connectivity index (χ3n) is 2.62. The van der Waals surface area contributed by atoms with Crippen LogP contribution in [0.25, 0.3) is 11.0 Å². The van der Waals surface area contributed by atoms with Crippen molar-refractivity contribution in [3.8, 4) is 0 Å². The Balaban J connectivity index is 1.77. The molecule has 0 saturated carbocycles. The summed E-state index contributed by atoms with van der Waals surface area (Å²) < 4.78 is 10.3. The zero-order chi connectivity index (χ0) is 13.2. The molecule has 0 amide bonds. The van der Waals surface area contributed by atoms with Crippen LogP contribution < -0.4 is 0 Å². The largest absolute Gasteiger partial charge is 0.464 e. The molecule has 0 aliphatic rings. The number of nitrogens with zero attached hydrogens (tertiary/aromatic N) is 2. The molecule has 0 N–H and O–H groups in total. The van der Waals surface area contributed by atoms with Crippen molar-refractivity contribution >= 4 is 40.0 Å². The summed E-state index contributed by atoms with van der Waals surface area (Å²) >= 11 is 2.73. The van der Waals surface area contributed by atoms with Crippen LogP contribution in [0.4, 0.5) is 0 Å². The number of hydrogen-bond donors (Lipinski definition) is 0. The Bertz CT molecular complexity index is 733. The molecule has 0 radical (unpaired) electrons. The summed E-state index contributed by atoms with van der Waals surface area (Å²) in [5, 5.41) is 0.863. The fourth-order valence-electron chi connectivity index (χ4n) is 1.74. The van der Waals surface area contributed by atoms with Crippen molar-refractivity contribution < 1.29 is 9.21 Å². The normalized spacial score (nSPS) is 11.0. The minimum absolute atomic E-state index is 0.0443. The zero-order valence-corrected chi connectivity index (χ0v) is 11.8. The summed E-state index contributed by atoms with van der Waals surface area (Å²) in [7, 11) is 0. The zero-order valence-electron chi connectivity index (χ0n) is 10.1. The van der Waals surface area contributed by atoms with Crippen LogP contribution in [0.15, 0.2) is 39.3 Å². The second kappa shape index (κ2) is 5.14. The third-order valence-corrected chi connectivity index (χ3v) is 4.54. The van der Waals surface area contributed by atoms with Gasteiger partial charge in [-0.25, -0.2) is 4.98 Å². The molecule has 4 nitrogen and oxygen atoms in total. The molecule has 6 heteroatoms. The third kappa shape index (κ3) is 2.54. The SMILES string of the molecule is Cc1nsc(SCC(=O)c2coc3ccccc23)n1. The van der Waals surface area contributed by atoms with E-state index in [9.17, 15) is 4.79 Å². The summed E-state index contributed by atoms with van der Waals surface area (Å²) in [6.45, 7) is 1.84. The number of thioether (sulfide) groups is 1. The van der Waals surface area contributed by atoms with E-state index >= 15 is 0 Å². The first-order valence-electron chi connectivity index (χ1n) is 5.66. The molecule has 0 fully saturated rings. The number of hydrogen-bond acceptors (Lipinski definition) is 6. The van der Waals surface area contributed by atoms with Gasteiger partial charge in [0.05, 0.1) is 11.3 Å². The number of carbonyl (C=O) groups excluding carboxylic acids is 1. The van der Waals surface area contributed by atoms with E-state index in [4.69, 9.17) is 4.42 Å². The number of ketones is 1. The number of Topliss-reactive ketones (excluding diaryl/α,β-unsaturated/α-hetero) is 1. The molecular formula is C13H10N2O2S2. The summed E-state index contributed by atoms with van der Waals surface area (Å²) in [6.07, 6.45) is 1.53. The molecule has 2 heterocycles. The van der Waals surface area contributed by atoms with Crippen molar-refractivity contribution in [2.45, 2.75) is 11.3 Å². The molecule has 0 saturated heterocycles. The number of rotatable bonds is 4. The number of benzene rings is 1. The highest BCUT2D eigenvalue weighted by Crippen LogP contribution is 2.25. The number of aromatic nitrogens is 2. The lowest BCUT2D eigenvalue weighted by Gasteiger charge is -1.96. The first kappa shape index (κ1) is 12.4. The Hall–Kier alpha value is -1.66. The molecule has 0 atom stereocenters. The van der Waals surface area contributed by atoms with Gasteiger partial charge < -0.3 is 4.42 Å². The van der Waals surface area contributed by atoms with E-state index < -0.39 is 0 Å². The lowest BCUT2D eigenvalue weighted by Crippen LogP contribution is -2.00. The fourth-order valence-corrected chi connectivity index (χ4v) is 3.27. The van der Waals surface area contributed by atoms with Gasteiger partial charge in [-0.15, -0.1) is 0 Å². The van der Waals surface area contributed by atoms with Gasteiger partial charge in [-0.3, -0.25) is 4.79 Å². The summed E-state index contributed by atoms with van der Waals surface area (Å²) in [4.78, 5) is 16.4. The van der Waals surface area contributed by atoms with E-state index in [1.807, 2.05) is 31.2 Å². The molecular weight excluding hydrogens is 280 g/mol. The number of fused-ring (bicyclic) bond motifs is 1. The Morgan fingerprint density at radius 1 is 1.42 bits per heavy atom. The van der Waals surface area contributed by atoms with Crippen LogP contribution in [-0.4, -0.2) is 20.9 Å². The van der Waals surface area contributed by atoms with Crippen molar-refractivity contribution in [1.29, 1.82) is 0 Å². The number of furan rings is 1. The molecule has 19 heavy (non-hydrogen) atoms. The van der Waals surface area contributed by atoms with Gasteiger partial charge in [0, 0.05) is 5.39 Å². The van der Waals surface area contributed by atoms with Crippen LogP contribution in [0.5, 0.6) is 0 Å². The van der Waals surface area contributed by atoms with E-state index in [1.54, 1.807) is 0 Å². The van der Waals surface area contributed by atoms with Gasteiger partial charge >= 0.3 is 0 Å². The molecule has 3 rings (SSSR count). The van der Waals surface area contributed by atoms with Crippen LogP contribution in [0.1, 0.15) is 16.2 Å².